The average Bonchev–Trinajstić information content (AvgIpc) is 3.30. The van der Waals surface area contributed by atoms with E-state index in [-0.39, 0.29) is 0 Å². The number of halogens is 3. The van der Waals surface area contributed by atoms with Crippen molar-refractivity contribution >= 4 is 34.3 Å². The predicted molar refractivity (Wildman–Crippen MR) is 144 cm³/mol. The van der Waals surface area contributed by atoms with Crippen LogP contribution in [0.3, 0.4) is 0 Å². The van der Waals surface area contributed by atoms with Crippen molar-refractivity contribution in [2.24, 2.45) is 0 Å². The maximum atomic E-state index is 13.0. The molecule has 0 amide bonds. The van der Waals surface area contributed by atoms with Crippen LogP contribution in [-0.2, 0) is 19.3 Å². The zero-order chi connectivity index (χ0) is 26.7. The Morgan fingerprint density at radius 1 is 0.868 bits per heavy atom. The molecule has 0 bridgehead atoms. The molecule has 0 aliphatic carbocycles. The Morgan fingerprint density at radius 3 is 2.34 bits per heavy atom. The van der Waals surface area contributed by atoms with Crippen molar-refractivity contribution in [2.45, 2.75) is 19.3 Å². The van der Waals surface area contributed by atoms with Crippen molar-refractivity contribution in [1.29, 1.82) is 0 Å². The molecule has 0 saturated heterocycles. The summed E-state index contributed by atoms with van der Waals surface area (Å²) in [5.41, 5.74) is 4.06. The molecule has 194 valence electrons. The molecule has 0 radical (unpaired) electrons. The van der Waals surface area contributed by atoms with E-state index in [0.717, 1.165) is 29.1 Å². The summed E-state index contributed by atoms with van der Waals surface area (Å²) in [6.07, 6.45) is -2.75. The first-order valence-corrected chi connectivity index (χ1v) is 12.0. The van der Waals surface area contributed by atoms with Gasteiger partial charge in [-0.1, -0.05) is 48.5 Å². The molecule has 3 aromatic carbocycles. The largest absolute Gasteiger partial charge is 0.416 e. The Labute approximate surface area is 218 Å². The minimum Gasteiger partial charge on any atom is -0.378 e. The van der Waals surface area contributed by atoms with Gasteiger partial charge in [0.2, 0.25) is 5.95 Å². The smallest absolute Gasteiger partial charge is 0.378 e. The first kappa shape index (κ1) is 25.1. The number of fused-ring (bicyclic) bond motifs is 1. The van der Waals surface area contributed by atoms with E-state index in [0.29, 0.717) is 41.6 Å². The molecule has 0 atom stereocenters. The van der Waals surface area contributed by atoms with Crippen molar-refractivity contribution in [3.63, 3.8) is 0 Å². The molecule has 38 heavy (non-hydrogen) atoms. The molecule has 5 aromatic rings. The van der Waals surface area contributed by atoms with Crippen LogP contribution in [0.2, 0.25) is 0 Å². The molecule has 2 heterocycles. The normalized spacial score (nSPS) is 11.5. The molecule has 10 heteroatoms. The van der Waals surface area contributed by atoms with Crippen LogP contribution in [0.1, 0.15) is 16.7 Å². The maximum absolute atomic E-state index is 13.0. The van der Waals surface area contributed by atoms with Gasteiger partial charge in [-0.3, -0.25) is 0 Å². The van der Waals surface area contributed by atoms with Gasteiger partial charge in [-0.2, -0.15) is 23.1 Å². The molecule has 0 saturated carbocycles. The minimum atomic E-state index is -4.38. The lowest BCUT2D eigenvalue weighted by Gasteiger charge is -2.15. The summed E-state index contributed by atoms with van der Waals surface area (Å²) in [6.45, 7) is 0.841. The van der Waals surface area contributed by atoms with Gasteiger partial charge in [0.25, 0.3) is 0 Å². The second kappa shape index (κ2) is 10.4. The summed E-state index contributed by atoms with van der Waals surface area (Å²) in [5.74, 6) is 0.925. The first-order valence-electron chi connectivity index (χ1n) is 12.0. The van der Waals surface area contributed by atoms with Crippen LogP contribution in [0.5, 0.6) is 0 Å². The van der Waals surface area contributed by atoms with Gasteiger partial charge < -0.3 is 20.1 Å². The van der Waals surface area contributed by atoms with E-state index in [4.69, 9.17) is 9.97 Å². The molecule has 0 aliphatic heterocycles. The third kappa shape index (κ3) is 5.69. The number of hydrogen-bond donors (Lipinski definition) is 2. The summed E-state index contributed by atoms with van der Waals surface area (Å²) in [6, 6.07) is 22.9. The molecular formula is C28H26F3N7. The fraction of sp³-hybridized carbons (Fsp3) is 0.179. The van der Waals surface area contributed by atoms with E-state index in [1.54, 1.807) is 10.9 Å². The van der Waals surface area contributed by atoms with E-state index >= 15 is 0 Å². The molecule has 0 unspecified atom stereocenters. The highest BCUT2D eigenvalue weighted by Crippen LogP contribution is 2.30. The summed E-state index contributed by atoms with van der Waals surface area (Å²) in [7, 11) is 3.93. The molecule has 2 aromatic heterocycles. The molecule has 7 nitrogen and oxygen atoms in total. The van der Waals surface area contributed by atoms with Gasteiger partial charge in [-0.15, -0.1) is 0 Å². The minimum absolute atomic E-state index is 0.305. The van der Waals surface area contributed by atoms with Crippen LogP contribution in [0, 0.1) is 0 Å². The molecule has 0 aliphatic rings. The van der Waals surface area contributed by atoms with Crippen molar-refractivity contribution in [2.75, 3.05) is 29.6 Å². The molecule has 2 N–H and O–H groups in total. The van der Waals surface area contributed by atoms with Gasteiger partial charge in [0, 0.05) is 32.0 Å². The Bertz CT molecular complexity index is 1530. The number of nitrogens with one attached hydrogen (secondary N) is 2. The Kier molecular flexibility index (Phi) is 6.87. The van der Waals surface area contributed by atoms with Crippen molar-refractivity contribution in [3.8, 4) is 0 Å². The number of imidazole rings is 1. The molecular weight excluding hydrogens is 491 g/mol. The van der Waals surface area contributed by atoms with Crippen LogP contribution in [0.15, 0.2) is 85.2 Å². The number of rotatable bonds is 8. The second-order valence-electron chi connectivity index (χ2n) is 9.04. The van der Waals surface area contributed by atoms with Crippen LogP contribution < -0.4 is 15.5 Å². The van der Waals surface area contributed by atoms with E-state index < -0.39 is 11.7 Å². The molecule has 5 rings (SSSR count). The number of nitrogens with zero attached hydrogens (tertiary/aromatic N) is 5. The van der Waals surface area contributed by atoms with Crippen molar-refractivity contribution < 1.29 is 13.2 Å². The number of hydrogen-bond acceptors (Lipinski definition) is 6. The topological polar surface area (TPSA) is 70.9 Å². The monoisotopic (exact) mass is 517 g/mol. The van der Waals surface area contributed by atoms with Gasteiger partial charge in [0.15, 0.2) is 17.0 Å². The Morgan fingerprint density at radius 2 is 1.63 bits per heavy atom. The summed E-state index contributed by atoms with van der Waals surface area (Å²) in [4.78, 5) is 15.9. The third-order valence-electron chi connectivity index (χ3n) is 6.02. The van der Waals surface area contributed by atoms with Crippen LogP contribution >= 0.6 is 0 Å². The summed E-state index contributed by atoms with van der Waals surface area (Å²) in [5, 5.41) is 6.64. The molecule has 0 fully saturated rings. The SMILES string of the molecule is CN(C)c1cccc(Nc2nc(NCc3ccccc3)c3ncn(Cc4ccc(C(F)(F)F)cc4)c3n2)c1. The zero-order valence-electron chi connectivity index (χ0n) is 20.9. The van der Waals surface area contributed by atoms with E-state index in [1.807, 2.05) is 73.6 Å². The lowest BCUT2D eigenvalue weighted by Crippen LogP contribution is -2.09. The van der Waals surface area contributed by atoms with E-state index in [1.165, 1.54) is 12.1 Å². The highest BCUT2D eigenvalue weighted by atomic mass is 19.4. The predicted octanol–water partition coefficient (Wildman–Crippen LogP) is 6.32. The van der Waals surface area contributed by atoms with Gasteiger partial charge >= 0.3 is 6.18 Å². The van der Waals surface area contributed by atoms with Crippen LogP contribution in [-0.4, -0.2) is 33.6 Å². The third-order valence-corrected chi connectivity index (χ3v) is 6.02. The number of anilines is 4. The highest BCUT2D eigenvalue weighted by molar-refractivity contribution is 5.85. The van der Waals surface area contributed by atoms with Crippen LogP contribution in [0.4, 0.5) is 36.3 Å². The van der Waals surface area contributed by atoms with Gasteiger partial charge in [-0.25, -0.2) is 4.98 Å². The first-order chi connectivity index (χ1) is 18.3. The fourth-order valence-electron chi connectivity index (χ4n) is 4.01. The standard InChI is InChI=1S/C28H26F3N7/c1-37(2)23-10-6-9-22(15-23)34-27-35-25(32-16-19-7-4-3-5-8-19)24-26(36-27)38(18-33-24)17-20-11-13-21(14-12-20)28(29,30)31/h3-15,18H,16-17H2,1-2H3,(H2,32,34,35,36). The maximum Gasteiger partial charge on any atom is 0.416 e. The fourth-order valence-corrected chi connectivity index (χ4v) is 4.01. The number of benzene rings is 3. The Hall–Kier alpha value is -4.60. The molecule has 0 spiro atoms. The van der Waals surface area contributed by atoms with Crippen molar-refractivity contribution in [3.05, 3.63) is 102 Å². The Balaban J connectivity index is 1.49. The highest BCUT2D eigenvalue weighted by Gasteiger charge is 2.30. The van der Waals surface area contributed by atoms with Gasteiger partial charge in [0.1, 0.15) is 0 Å². The summed E-state index contributed by atoms with van der Waals surface area (Å²) >= 11 is 0. The lowest BCUT2D eigenvalue weighted by molar-refractivity contribution is -0.137. The van der Waals surface area contributed by atoms with E-state index in [9.17, 15) is 13.2 Å². The second-order valence-corrected chi connectivity index (χ2v) is 9.04. The quantitative estimate of drug-likeness (QED) is 0.251. The average molecular weight is 518 g/mol. The lowest BCUT2D eigenvalue weighted by atomic mass is 10.1. The van der Waals surface area contributed by atoms with E-state index in [2.05, 4.69) is 15.6 Å². The number of alkyl halides is 3. The zero-order valence-corrected chi connectivity index (χ0v) is 20.9. The van der Waals surface area contributed by atoms with Crippen molar-refractivity contribution in [1.82, 2.24) is 19.5 Å². The van der Waals surface area contributed by atoms with Gasteiger partial charge in [0.05, 0.1) is 18.4 Å². The number of aromatic nitrogens is 4. The van der Waals surface area contributed by atoms with Gasteiger partial charge in [-0.05, 0) is 41.5 Å². The van der Waals surface area contributed by atoms with Crippen LogP contribution in [0.25, 0.3) is 11.2 Å². The summed E-state index contributed by atoms with van der Waals surface area (Å²) < 4.78 is 40.8.